The van der Waals surface area contributed by atoms with Gasteiger partial charge in [-0.25, -0.2) is 19.9 Å². The number of rotatable bonds is 8. The monoisotopic (exact) mass is 415 g/mol. The highest BCUT2D eigenvalue weighted by Crippen LogP contribution is 2.34. The second kappa shape index (κ2) is 8.73. The summed E-state index contributed by atoms with van der Waals surface area (Å²) in [7, 11) is 1.70. The van der Waals surface area contributed by atoms with Crippen LogP contribution in [-0.4, -0.2) is 62.8 Å². The van der Waals surface area contributed by atoms with Crippen molar-refractivity contribution in [3.63, 3.8) is 0 Å². The van der Waals surface area contributed by atoms with Crippen molar-refractivity contribution in [2.45, 2.75) is 45.2 Å². The first-order valence-corrected chi connectivity index (χ1v) is 11.1. The van der Waals surface area contributed by atoms with Crippen LogP contribution in [0.4, 0.5) is 5.82 Å². The third kappa shape index (κ3) is 4.26. The lowest BCUT2D eigenvalue weighted by Gasteiger charge is -2.39. The van der Waals surface area contributed by atoms with Gasteiger partial charge in [0.1, 0.15) is 11.3 Å². The van der Waals surface area contributed by atoms with Gasteiger partial charge in [0, 0.05) is 44.1 Å². The summed E-state index contributed by atoms with van der Waals surface area (Å²) < 4.78 is 7.27. The van der Waals surface area contributed by atoms with Crippen LogP contribution in [0.3, 0.4) is 0 Å². The van der Waals surface area contributed by atoms with E-state index in [0.29, 0.717) is 13.2 Å². The third-order valence-corrected chi connectivity index (χ3v) is 6.22. The SMILES string of the molecule is CCn1cnc2c(NCCOC)nc(C3(C)CCCN(Cc4cscn4)C3)nc21. The van der Waals surface area contributed by atoms with Gasteiger partial charge in [0.15, 0.2) is 11.5 Å². The van der Waals surface area contributed by atoms with Gasteiger partial charge in [-0.2, -0.15) is 0 Å². The molecule has 1 saturated heterocycles. The number of nitrogens with one attached hydrogen (secondary N) is 1. The molecule has 0 aliphatic carbocycles. The minimum Gasteiger partial charge on any atom is -0.383 e. The Kier molecular flexibility index (Phi) is 6.07. The average Bonchev–Trinajstić information content (AvgIpc) is 3.37. The topological polar surface area (TPSA) is 81.0 Å². The zero-order valence-corrected chi connectivity index (χ0v) is 18.2. The number of hydrogen-bond acceptors (Lipinski definition) is 8. The molecule has 1 atom stereocenters. The fourth-order valence-electron chi connectivity index (χ4n) is 4.05. The van der Waals surface area contributed by atoms with Crippen LogP contribution in [0.2, 0.25) is 0 Å². The van der Waals surface area contributed by atoms with E-state index in [0.717, 1.165) is 67.5 Å². The molecule has 0 spiro atoms. The van der Waals surface area contributed by atoms with Crippen LogP contribution in [-0.2, 0) is 23.2 Å². The molecule has 1 unspecified atom stereocenters. The summed E-state index contributed by atoms with van der Waals surface area (Å²) in [5, 5.41) is 5.53. The molecule has 3 aromatic heterocycles. The zero-order chi connectivity index (χ0) is 20.3. The molecule has 0 aromatic carbocycles. The first-order valence-electron chi connectivity index (χ1n) is 10.2. The van der Waals surface area contributed by atoms with Crippen LogP contribution in [0.15, 0.2) is 17.2 Å². The van der Waals surface area contributed by atoms with Crippen molar-refractivity contribution in [1.29, 1.82) is 0 Å². The first-order chi connectivity index (χ1) is 14.1. The van der Waals surface area contributed by atoms with E-state index in [1.54, 1.807) is 18.4 Å². The van der Waals surface area contributed by atoms with Crippen LogP contribution in [0.25, 0.3) is 11.2 Å². The van der Waals surface area contributed by atoms with Crippen LogP contribution in [0.5, 0.6) is 0 Å². The predicted octanol–water partition coefficient (Wildman–Crippen LogP) is 2.91. The van der Waals surface area contributed by atoms with Crippen molar-refractivity contribution in [1.82, 2.24) is 29.4 Å². The van der Waals surface area contributed by atoms with E-state index in [-0.39, 0.29) is 5.41 Å². The van der Waals surface area contributed by atoms with Crippen molar-refractivity contribution < 1.29 is 4.74 Å². The van der Waals surface area contributed by atoms with Gasteiger partial charge in [-0.3, -0.25) is 4.90 Å². The van der Waals surface area contributed by atoms with E-state index in [2.05, 4.69) is 44.0 Å². The second-order valence-corrected chi connectivity index (χ2v) is 8.59. The Morgan fingerprint density at radius 2 is 2.21 bits per heavy atom. The van der Waals surface area contributed by atoms with E-state index >= 15 is 0 Å². The van der Waals surface area contributed by atoms with Gasteiger partial charge < -0.3 is 14.6 Å². The number of anilines is 1. The maximum absolute atomic E-state index is 5.19. The maximum atomic E-state index is 5.19. The second-order valence-electron chi connectivity index (χ2n) is 7.87. The van der Waals surface area contributed by atoms with E-state index in [1.165, 1.54) is 0 Å². The summed E-state index contributed by atoms with van der Waals surface area (Å²) in [5.41, 5.74) is 4.66. The lowest BCUT2D eigenvalue weighted by molar-refractivity contribution is 0.143. The van der Waals surface area contributed by atoms with Crippen LogP contribution < -0.4 is 5.32 Å². The van der Waals surface area contributed by atoms with Gasteiger partial charge in [0.2, 0.25) is 0 Å². The molecular weight excluding hydrogens is 386 g/mol. The molecule has 1 aliphatic rings. The van der Waals surface area contributed by atoms with E-state index in [9.17, 15) is 0 Å². The quantitative estimate of drug-likeness (QED) is 0.567. The molecule has 0 bridgehead atoms. The van der Waals surface area contributed by atoms with Gasteiger partial charge in [0.25, 0.3) is 0 Å². The summed E-state index contributed by atoms with van der Waals surface area (Å²) in [5.74, 6) is 1.69. The summed E-state index contributed by atoms with van der Waals surface area (Å²) in [4.78, 5) is 21.4. The lowest BCUT2D eigenvalue weighted by Crippen LogP contribution is -2.45. The van der Waals surface area contributed by atoms with Crippen molar-refractivity contribution in [3.05, 3.63) is 28.7 Å². The maximum Gasteiger partial charge on any atom is 0.165 e. The van der Waals surface area contributed by atoms with Gasteiger partial charge >= 0.3 is 0 Å². The van der Waals surface area contributed by atoms with Crippen molar-refractivity contribution in [2.24, 2.45) is 0 Å². The van der Waals surface area contributed by atoms with Crippen LogP contribution in [0.1, 0.15) is 38.2 Å². The summed E-state index contributed by atoms with van der Waals surface area (Å²) >= 11 is 1.65. The molecule has 4 rings (SSSR count). The van der Waals surface area contributed by atoms with Gasteiger partial charge in [-0.1, -0.05) is 6.92 Å². The van der Waals surface area contributed by atoms with Crippen LogP contribution >= 0.6 is 11.3 Å². The number of nitrogens with zero attached hydrogens (tertiary/aromatic N) is 6. The van der Waals surface area contributed by atoms with Crippen molar-refractivity contribution in [2.75, 3.05) is 38.7 Å². The first kappa shape index (κ1) is 20.2. The molecule has 1 aliphatic heterocycles. The van der Waals surface area contributed by atoms with E-state index in [1.807, 2.05) is 11.8 Å². The van der Waals surface area contributed by atoms with Crippen molar-refractivity contribution >= 4 is 28.3 Å². The number of hydrogen-bond donors (Lipinski definition) is 1. The minimum absolute atomic E-state index is 0.108. The Hall–Kier alpha value is -2.10. The molecule has 3 aromatic rings. The molecule has 4 heterocycles. The lowest BCUT2D eigenvalue weighted by atomic mass is 9.81. The Balaban J connectivity index is 1.65. The number of fused-ring (bicyclic) bond motifs is 1. The molecule has 1 N–H and O–H groups in total. The number of aryl methyl sites for hydroxylation is 1. The molecule has 9 heteroatoms. The Morgan fingerprint density at radius 3 is 2.97 bits per heavy atom. The molecule has 8 nitrogen and oxygen atoms in total. The molecule has 1 fully saturated rings. The number of methoxy groups -OCH3 is 1. The number of aromatic nitrogens is 5. The molecule has 29 heavy (non-hydrogen) atoms. The fourth-order valence-corrected chi connectivity index (χ4v) is 4.60. The molecule has 0 radical (unpaired) electrons. The van der Waals surface area contributed by atoms with Gasteiger partial charge in [-0.15, -0.1) is 11.3 Å². The molecule has 0 saturated carbocycles. The Labute approximate surface area is 175 Å². The van der Waals surface area contributed by atoms with E-state index < -0.39 is 0 Å². The summed E-state index contributed by atoms with van der Waals surface area (Å²) in [6, 6.07) is 0. The minimum atomic E-state index is -0.108. The normalized spacial score (nSPS) is 20.4. The van der Waals surface area contributed by atoms with Crippen molar-refractivity contribution in [3.8, 4) is 0 Å². The average molecular weight is 416 g/mol. The standard InChI is InChI=1S/C20H29N7OS/c1-4-27-13-22-16-17(21-7-9-28-3)24-19(25-18(16)27)20(2)6-5-8-26(12-20)10-15-11-29-14-23-15/h11,13-14H,4-10,12H2,1-3H3,(H,21,24,25). The smallest absolute Gasteiger partial charge is 0.165 e. The Bertz CT molecular complexity index is 942. The molecule has 156 valence electrons. The van der Waals surface area contributed by atoms with Gasteiger partial charge in [0.05, 0.1) is 24.1 Å². The zero-order valence-electron chi connectivity index (χ0n) is 17.4. The number of ether oxygens (including phenoxy) is 1. The molecule has 0 amide bonds. The highest BCUT2D eigenvalue weighted by Gasteiger charge is 2.36. The Morgan fingerprint density at radius 1 is 1.31 bits per heavy atom. The predicted molar refractivity (Wildman–Crippen MR) is 115 cm³/mol. The van der Waals surface area contributed by atoms with Crippen LogP contribution in [0, 0.1) is 0 Å². The number of piperidine rings is 1. The largest absolute Gasteiger partial charge is 0.383 e. The fraction of sp³-hybridized carbons (Fsp3) is 0.600. The number of likely N-dealkylation sites (tertiary alicyclic amines) is 1. The number of imidazole rings is 1. The third-order valence-electron chi connectivity index (χ3n) is 5.59. The summed E-state index contributed by atoms with van der Waals surface area (Å²) in [6.45, 7) is 9.42. The highest BCUT2D eigenvalue weighted by molar-refractivity contribution is 7.07. The van der Waals surface area contributed by atoms with Gasteiger partial charge in [-0.05, 0) is 26.3 Å². The highest BCUT2D eigenvalue weighted by atomic mass is 32.1. The van der Waals surface area contributed by atoms with E-state index in [4.69, 9.17) is 14.7 Å². The summed E-state index contributed by atoms with van der Waals surface area (Å²) in [6.07, 6.45) is 4.05. The number of thiazole rings is 1. The molecular formula is C20H29N7OS.